The lowest BCUT2D eigenvalue weighted by atomic mass is 10.1. The average Bonchev–Trinajstić information content (AvgIpc) is 2.38. The molecule has 2 rings (SSSR count). The normalized spacial score (nSPS) is 17.2. The molecule has 5 nitrogen and oxygen atoms in total. The number of halogens is 3. The van der Waals surface area contributed by atoms with Crippen LogP contribution in [0.2, 0.25) is 0 Å². The Bertz CT molecular complexity index is 480. The summed E-state index contributed by atoms with van der Waals surface area (Å²) in [4.78, 5) is 7.28. The Morgan fingerprint density at radius 2 is 1.95 bits per heavy atom. The molecule has 0 aromatic carbocycles. The lowest BCUT2D eigenvalue weighted by Gasteiger charge is -2.36. The molecule has 0 radical (unpaired) electrons. The van der Waals surface area contributed by atoms with Gasteiger partial charge in [-0.05, 0) is 6.07 Å². The SMILES string of the molecule is N=C(N)c1ccncc1N1CCN(CC(F)(F)F)CC1. The predicted octanol–water partition coefficient (Wildman–Crippen LogP) is 1.05. The molecule has 1 saturated heterocycles. The number of rotatable bonds is 3. The van der Waals surface area contributed by atoms with Gasteiger partial charge in [0.25, 0.3) is 0 Å². The number of piperazine rings is 1. The van der Waals surface area contributed by atoms with Crippen LogP contribution in [0.4, 0.5) is 18.9 Å². The third kappa shape index (κ3) is 3.60. The van der Waals surface area contributed by atoms with Gasteiger partial charge in [-0.1, -0.05) is 0 Å². The first-order valence-electron chi connectivity index (χ1n) is 6.19. The summed E-state index contributed by atoms with van der Waals surface area (Å²) in [6, 6.07) is 1.64. The number of nitrogen functional groups attached to an aromatic ring is 1. The first-order chi connectivity index (χ1) is 9.37. The van der Waals surface area contributed by atoms with Crippen LogP contribution in [0.15, 0.2) is 18.5 Å². The molecule has 0 saturated carbocycles. The zero-order valence-electron chi connectivity index (χ0n) is 10.8. The summed E-state index contributed by atoms with van der Waals surface area (Å²) >= 11 is 0. The smallest absolute Gasteiger partial charge is 0.384 e. The number of aromatic nitrogens is 1. The molecule has 2 heterocycles. The van der Waals surface area contributed by atoms with Gasteiger partial charge in [0.15, 0.2) is 0 Å². The van der Waals surface area contributed by atoms with Gasteiger partial charge >= 0.3 is 6.18 Å². The van der Waals surface area contributed by atoms with Crippen molar-refractivity contribution >= 4 is 11.5 Å². The maximum atomic E-state index is 12.3. The highest BCUT2D eigenvalue weighted by Crippen LogP contribution is 2.22. The van der Waals surface area contributed by atoms with Crippen LogP contribution in [0.5, 0.6) is 0 Å². The number of anilines is 1. The van der Waals surface area contributed by atoms with Gasteiger partial charge in [-0.2, -0.15) is 13.2 Å². The molecule has 1 aromatic heterocycles. The van der Waals surface area contributed by atoms with Crippen molar-refractivity contribution in [1.82, 2.24) is 9.88 Å². The van der Waals surface area contributed by atoms with Crippen molar-refractivity contribution in [3.8, 4) is 0 Å². The van der Waals surface area contributed by atoms with E-state index in [1.807, 2.05) is 4.90 Å². The van der Waals surface area contributed by atoms with Crippen molar-refractivity contribution in [2.75, 3.05) is 37.6 Å². The molecule has 1 aliphatic heterocycles. The number of nitrogens with two attached hydrogens (primary N) is 1. The second-order valence-electron chi connectivity index (χ2n) is 4.68. The average molecular weight is 287 g/mol. The van der Waals surface area contributed by atoms with E-state index in [-0.39, 0.29) is 5.84 Å². The van der Waals surface area contributed by atoms with Crippen molar-refractivity contribution in [3.05, 3.63) is 24.0 Å². The number of nitrogens with zero attached hydrogens (tertiary/aromatic N) is 3. The fourth-order valence-corrected chi connectivity index (χ4v) is 2.27. The lowest BCUT2D eigenvalue weighted by molar-refractivity contribution is -0.146. The lowest BCUT2D eigenvalue weighted by Crippen LogP contribution is -2.49. The van der Waals surface area contributed by atoms with E-state index in [2.05, 4.69) is 4.98 Å². The van der Waals surface area contributed by atoms with Crippen molar-refractivity contribution in [1.29, 1.82) is 5.41 Å². The van der Waals surface area contributed by atoms with Crippen LogP contribution in [0.25, 0.3) is 0 Å². The fourth-order valence-electron chi connectivity index (χ4n) is 2.27. The molecule has 20 heavy (non-hydrogen) atoms. The van der Waals surface area contributed by atoms with Crippen LogP contribution in [0, 0.1) is 5.41 Å². The Kier molecular flexibility index (Phi) is 4.12. The van der Waals surface area contributed by atoms with E-state index in [0.29, 0.717) is 37.4 Å². The van der Waals surface area contributed by atoms with Gasteiger partial charge in [-0.25, -0.2) is 0 Å². The molecule has 0 aliphatic carbocycles. The number of alkyl halides is 3. The Morgan fingerprint density at radius 3 is 2.50 bits per heavy atom. The highest BCUT2D eigenvalue weighted by Gasteiger charge is 2.32. The zero-order chi connectivity index (χ0) is 14.8. The van der Waals surface area contributed by atoms with Crippen molar-refractivity contribution < 1.29 is 13.2 Å². The Morgan fingerprint density at radius 1 is 1.30 bits per heavy atom. The summed E-state index contributed by atoms with van der Waals surface area (Å²) in [5.74, 6) is -0.0693. The largest absolute Gasteiger partial charge is 0.401 e. The number of amidine groups is 1. The maximum absolute atomic E-state index is 12.3. The summed E-state index contributed by atoms with van der Waals surface area (Å²) in [7, 11) is 0. The van der Waals surface area contributed by atoms with E-state index >= 15 is 0 Å². The monoisotopic (exact) mass is 287 g/mol. The van der Waals surface area contributed by atoms with E-state index in [1.54, 1.807) is 18.5 Å². The molecule has 0 atom stereocenters. The van der Waals surface area contributed by atoms with Crippen LogP contribution < -0.4 is 10.6 Å². The summed E-state index contributed by atoms with van der Waals surface area (Å²) in [5.41, 5.74) is 6.76. The molecule has 1 aromatic rings. The molecule has 0 amide bonds. The van der Waals surface area contributed by atoms with E-state index < -0.39 is 12.7 Å². The van der Waals surface area contributed by atoms with Crippen molar-refractivity contribution in [3.63, 3.8) is 0 Å². The van der Waals surface area contributed by atoms with Crippen LogP contribution in [-0.2, 0) is 0 Å². The van der Waals surface area contributed by atoms with Crippen LogP contribution in [0.3, 0.4) is 0 Å². The van der Waals surface area contributed by atoms with E-state index in [9.17, 15) is 13.2 Å². The number of pyridine rings is 1. The molecule has 0 unspecified atom stereocenters. The minimum Gasteiger partial charge on any atom is -0.384 e. The first kappa shape index (κ1) is 14.6. The van der Waals surface area contributed by atoms with E-state index in [0.717, 1.165) is 0 Å². The molecule has 8 heteroatoms. The minimum absolute atomic E-state index is 0.0693. The second-order valence-corrected chi connectivity index (χ2v) is 4.68. The van der Waals surface area contributed by atoms with Gasteiger partial charge in [0.2, 0.25) is 0 Å². The van der Waals surface area contributed by atoms with Gasteiger partial charge < -0.3 is 10.6 Å². The number of hydrogen-bond donors (Lipinski definition) is 2. The molecule has 0 bridgehead atoms. The zero-order valence-corrected chi connectivity index (χ0v) is 10.8. The molecule has 3 N–H and O–H groups in total. The highest BCUT2D eigenvalue weighted by atomic mass is 19.4. The van der Waals surface area contributed by atoms with Gasteiger partial charge in [-0.3, -0.25) is 15.3 Å². The second kappa shape index (κ2) is 5.66. The van der Waals surface area contributed by atoms with Gasteiger partial charge in [0.1, 0.15) is 5.84 Å². The summed E-state index contributed by atoms with van der Waals surface area (Å²) in [5, 5.41) is 7.52. The van der Waals surface area contributed by atoms with Crippen LogP contribution >= 0.6 is 0 Å². The van der Waals surface area contributed by atoms with Crippen LogP contribution in [0.1, 0.15) is 5.56 Å². The molecule has 0 spiro atoms. The van der Waals surface area contributed by atoms with Crippen molar-refractivity contribution in [2.24, 2.45) is 5.73 Å². The number of hydrogen-bond acceptors (Lipinski definition) is 4. The topological polar surface area (TPSA) is 69.2 Å². The molecule has 1 fully saturated rings. The minimum atomic E-state index is -4.17. The summed E-state index contributed by atoms with van der Waals surface area (Å²) in [6.45, 7) is 0.690. The Labute approximate surface area is 114 Å². The highest BCUT2D eigenvalue weighted by molar-refractivity contribution is 6.00. The van der Waals surface area contributed by atoms with E-state index in [4.69, 9.17) is 11.1 Å². The molecular weight excluding hydrogens is 271 g/mol. The van der Waals surface area contributed by atoms with E-state index in [1.165, 1.54) is 4.90 Å². The van der Waals surface area contributed by atoms with Gasteiger partial charge in [0.05, 0.1) is 18.4 Å². The molecular formula is C12H16F3N5. The van der Waals surface area contributed by atoms with Gasteiger partial charge in [0, 0.05) is 37.9 Å². The quantitative estimate of drug-likeness (QED) is 0.644. The molecule has 1 aliphatic rings. The third-order valence-corrected chi connectivity index (χ3v) is 3.21. The third-order valence-electron chi connectivity index (χ3n) is 3.21. The van der Waals surface area contributed by atoms with Crippen molar-refractivity contribution in [2.45, 2.75) is 6.18 Å². The standard InChI is InChI=1S/C12H16F3N5/c13-12(14,15)8-19-3-5-20(6-4-19)10-7-18-2-1-9(10)11(16)17/h1-2,7H,3-6,8H2,(H3,16,17). The predicted molar refractivity (Wildman–Crippen MR) is 70.0 cm³/mol. The first-order valence-corrected chi connectivity index (χ1v) is 6.19. The Balaban J connectivity index is 2.03. The molecule has 110 valence electrons. The van der Waals surface area contributed by atoms with Crippen LogP contribution in [-0.4, -0.2) is 54.6 Å². The fraction of sp³-hybridized carbons (Fsp3) is 0.500. The summed E-state index contributed by atoms with van der Waals surface area (Å²) in [6.07, 6.45) is -1.03. The van der Waals surface area contributed by atoms with Gasteiger partial charge in [-0.15, -0.1) is 0 Å². The number of nitrogens with one attached hydrogen (secondary N) is 1. The summed E-state index contributed by atoms with van der Waals surface area (Å²) < 4.78 is 37.0. The maximum Gasteiger partial charge on any atom is 0.401 e. The Hall–Kier alpha value is -1.83.